The van der Waals surface area contributed by atoms with Crippen LogP contribution in [0.1, 0.15) is 56.9 Å². The van der Waals surface area contributed by atoms with Gasteiger partial charge in [0.1, 0.15) is 11.6 Å². The molecule has 1 aromatic carbocycles. The molecule has 1 aliphatic carbocycles. The van der Waals surface area contributed by atoms with Crippen LogP contribution in [0.2, 0.25) is 0 Å². The van der Waals surface area contributed by atoms with Gasteiger partial charge in [-0.3, -0.25) is 14.7 Å². The van der Waals surface area contributed by atoms with E-state index in [9.17, 15) is 14.3 Å². The Bertz CT molecular complexity index is 951. The van der Waals surface area contributed by atoms with Gasteiger partial charge in [0, 0.05) is 29.0 Å². The van der Waals surface area contributed by atoms with Crippen molar-refractivity contribution in [2.75, 3.05) is 26.0 Å². The van der Waals surface area contributed by atoms with Gasteiger partial charge in [0.15, 0.2) is 0 Å². The average Bonchev–Trinajstić information content (AvgIpc) is 3.34. The number of ether oxygens (including phenoxy) is 1. The topological polar surface area (TPSA) is 62.7 Å². The Morgan fingerprint density at radius 2 is 2.12 bits per heavy atom. The number of benzene rings is 1. The van der Waals surface area contributed by atoms with Gasteiger partial charge in [-0.2, -0.15) is 11.8 Å². The Morgan fingerprint density at radius 3 is 2.88 bits per heavy atom. The third-order valence-corrected chi connectivity index (χ3v) is 8.68. The molecule has 1 saturated heterocycles. The Balaban J connectivity index is 1.39. The summed E-state index contributed by atoms with van der Waals surface area (Å²) in [6, 6.07) is 5.80. The highest BCUT2D eigenvalue weighted by Gasteiger charge is 2.32. The van der Waals surface area contributed by atoms with E-state index in [4.69, 9.17) is 4.74 Å². The summed E-state index contributed by atoms with van der Waals surface area (Å²) < 4.78 is 20.0. The summed E-state index contributed by atoms with van der Waals surface area (Å²) >= 11 is 2.09. The normalized spacial score (nSPS) is 22.1. The van der Waals surface area contributed by atoms with Crippen LogP contribution in [0.25, 0.3) is 10.9 Å². The lowest BCUT2D eigenvalue weighted by atomic mass is 9.88. The molecule has 0 amide bonds. The fraction of sp³-hybridized carbons (Fsp3) is 0.615. The number of fused-ring (bicyclic) bond motifs is 1. The average molecular weight is 475 g/mol. The van der Waals surface area contributed by atoms with Crippen LogP contribution in [0, 0.1) is 11.7 Å². The molecule has 1 aliphatic heterocycles. The van der Waals surface area contributed by atoms with Gasteiger partial charge in [-0.15, -0.1) is 0 Å². The number of aryl methyl sites for hydroxylation is 1. The Labute approximate surface area is 200 Å². The van der Waals surface area contributed by atoms with Crippen LogP contribution in [0.15, 0.2) is 24.4 Å². The molecule has 2 atom stereocenters. The summed E-state index contributed by atoms with van der Waals surface area (Å²) in [4.78, 5) is 18.4. The molecule has 0 spiro atoms. The van der Waals surface area contributed by atoms with E-state index in [2.05, 4.69) is 21.6 Å². The van der Waals surface area contributed by atoms with E-state index in [0.29, 0.717) is 24.2 Å². The number of hydrogen-bond donors (Lipinski definition) is 1. The number of rotatable bonds is 10. The van der Waals surface area contributed by atoms with E-state index >= 15 is 0 Å². The van der Waals surface area contributed by atoms with Crippen LogP contribution in [0.5, 0.6) is 5.75 Å². The number of aromatic nitrogens is 1. The van der Waals surface area contributed by atoms with Crippen LogP contribution in [0.4, 0.5) is 4.39 Å². The Hall–Kier alpha value is -1.86. The zero-order chi connectivity index (χ0) is 23.2. The van der Waals surface area contributed by atoms with Crippen LogP contribution in [-0.4, -0.2) is 58.2 Å². The van der Waals surface area contributed by atoms with Crippen LogP contribution >= 0.6 is 11.8 Å². The van der Waals surface area contributed by atoms with Crippen molar-refractivity contribution in [2.45, 2.75) is 69.1 Å². The van der Waals surface area contributed by atoms with E-state index in [-0.39, 0.29) is 17.8 Å². The number of hydrogen-bond acceptors (Lipinski definition) is 5. The van der Waals surface area contributed by atoms with E-state index in [1.165, 1.54) is 31.9 Å². The van der Waals surface area contributed by atoms with Gasteiger partial charge in [0.05, 0.1) is 24.7 Å². The monoisotopic (exact) mass is 474 g/mol. The molecule has 7 heteroatoms. The summed E-state index contributed by atoms with van der Waals surface area (Å²) in [5, 5.41) is 11.2. The zero-order valence-corrected chi connectivity index (χ0v) is 20.3. The van der Waals surface area contributed by atoms with Crippen LogP contribution in [0.3, 0.4) is 0 Å². The Kier molecular flexibility index (Phi) is 8.47. The molecule has 2 aromatic rings. The predicted octanol–water partition coefficient (Wildman–Crippen LogP) is 5.55. The van der Waals surface area contributed by atoms with E-state index < -0.39 is 5.97 Å². The highest BCUT2D eigenvalue weighted by atomic mass is 32.2. The molecule has 1 N–H and O–H groups in total. The molecular weight excluding hydrogens is 439 g/mol. The maximum Gasteiger partial charge on any atom is 0.306 e. The second-order valence-electron chi connectivity index (χ2n) is 9.39. The predicted molar refractivity (Wildman–Crippen MR) is 132 cm³/mol. The molecule has 2 fully saturated rings. The van der Waals surface area contributed by atoms with Crippen LogP contribution in [-0.2, 0) is 11.2 Å². The lowest BCUT2D eigenvalue weighted by Gasteiger charge is -2.38. The number of carboxylic acid groups (broad SMARTS) is 1. The fourth-order valence-electron chi connectivity index (χ4n) is 5.41. The second-order valence-corrected chi connectivity index (χ2v) is 10.8. The number of carbonyl (C=O) groups is 1. The van der Waals surface area contributed by atoms with Gasteiger partial charge < -0.3 is 9.84 Å². The van der Waals surface area contributed by atoms with Crippen molar-refractivity contribution in [2.24, 2.45) is 5.92 Å². The maximum absolute atomic E-state index is 14.7. The molecule has 1 saturated carbocycles. The number of aliphatic carboxylic acids is 1. The number of pyridine rings is 1. The van der Waals surface area contributed by atoms with Crippen molar-refractivity contribution >= 4 is 28.6 Å². The molecular formula is C26H35FN2O3S. The summed E-state index contributed by atoms with van der Waals surface area (Å²) in [6.45, 7) is 1.86. The molecule has 2 unspecified atom stereocenters. The highest BCUT2D eigenvalue weighted by Crippen LogP contribution is 2.32. The number of likely N-dealkylation sites (tertiary alicyclic amines) is 1. The van der Waals surface area contributed by atoms with Crippen LogP contribution < -0.4 is 4.74 Å². The summed E-state index contributed by atoms with van der Waals surface area (Å²) in [5.41, 5.74) is 1.44. The molecule has 2 heterocycles. The SMILES string of the molecule is COc1ccc2ncc(F)c(CCCC3CC(C(=O)O)CCN3CCSC3CCCC3)c2c1. The second kappa shape index (κ2) is 11.5. The molecule has 0 bridgehead atoms. The minimum Gasteiger partial charge on any atom is -0.497 e. The van der Waals surface area contributed by atoms with Crippen molar-refractivity contribution in [3.63, 3.8) is 0 Å². The van der Waals surface area contributed by atoms with Gasteiger partial charge in [-0.25, -0.2) is 4.39 Å². The zero-order valence-electron chi connectivity index (χ0n) is 19.5. The summed E-state index contributed by atoms with van der Waals surface area (Å²) in [7, 11) is 1.61. The minimum absolute atomic E-state index is 0.245. The van der Waals surface area contributed by atoms with Gasteiger partial charge in [-0.05, 0) is 75.3 Å². The van der Waals surface area contributed by atoms with Gasteiger partial charge >= 0.3 is 5.97 Å². The van der Waals surface area contributed by atoms with E-state index in [1.54, 1.807) is 7.11 Å². The fourth-order valence-corrected chi connectivity index (χ4v) is 6.75. The Morgan fingerprint density at radius 1 is 1.30 bits per heavy atom. The highest BCUT2D eigenvalue weighted by molar-refractivity contribution is 7.99. The number of halogens is 1. The van der Waals surface area contributed by atoms with Crippen molar-refractivity contribution < 1.29 is 19.0 Å². The number of nitrogens with zero attached hydrogens (tertiary/aromatic N) is 2. The lowest BCUT2D eigenvalue weighted by Crippen LogP contribution is -2.45. The number of thioether (sulfide) groups is 1. The first-order valence-electron chi connectivity index (χ1n) is 12.2. The standard InChI is InChI=1S/C26H35FN2O3S/c1-32-20-9-10-25-23(16-20)22(24(27)17-28-25)8-4-5-19-15-18(26(30)31)11-12-29(19)13-14-33-21-6-2-3-7-21/h9-10,16-19,21H,2-8,11-15H2,1H3,(H,30,31). The van der Waals surface area contributed by atoms with E-state index in [1.807, 2.05) is 18.2 Å². The van der Waals surface area contributed by atoms with Crippen molar-refractivity contribution in [1.82, 2.24) is 9.88 Å². The molecule has 33 heavy (non-hydrogen) atoms. The molecule has 5 nitrogen and oxygen atoms in total. The van der Waals surface area contributed by atoms with E-state index in [0.717, 1.165) is 54.3 Å². The van der Waals surface area contributed by atoms with Gasteiger partial charge in [-0.1, -0.05) is 12.8 Å². The minimum atomic E-state index is -0.682. The van der Waals surface area contributed by atoms with Gasteiger partial charge in [0.25, 0.3) is 0 Å². The maximum atomic E-state index is 14.7. The third-order valence-electron chi connectivity index (χ3n) is 7.32. The van der Waals surface area contributed by atoms with Crippen molar-refractivity contribution in [3.8, 4) is 5.75 Å². The smallest absolute Gasteiger partial charge is 0.306 e. The quantitative estimate of drug-likeness (QED) is 0.487. The van der Waals surface area contributed by atoms with Crippen molar-refractivity contribution in [3.05, 3.63) is 35.8 Å². The molecule has 2 aliphatic rings. The first kappa shape index (κ1) is 24.3. The summed E-state index contributed by atoms with van der Waals surface area (Å²) in [6.07, 6.45) is 10.4. The molecule has 180 valence electrons. The number of carboxylic acids is 1. The summed E-state index contributed by atoms with van der Waals surface area (Å²) in [5.74, 6) is 0.573. The number of piperidine rings is 1. The number of methoxy groups -OCH3 is 1. The molecule has 4 rings (SSSR count). The molecule has 0 radical (unpaired) electrons. The lowest BCUT2D eigenvalue weighted by molar-refractivity contribution is -0.144. The van der Waals surface area contributed by atoms with Crippen molar-refractivity contribution in [1.29, 1.82) is 0 Å². The van der Waals surface area contributed by atoms with Gasteiger partial charge in [0.2, 0.25) is 0 Å². The largest absolute Gasteiger partial charge is 0.497 e. The third kappa shape index (κ3) is 6.18. The first-order chi connectivity index (χ1) is 16.0. The molecule has 1 aromatic heterocycles. The first-order valence-corrected chi connectivity index (χ1v) is 13.3.